The summed E-state index contributed by atoms with van der Waals surface area (Å²) < 4.78 is 0. The lowest BCUT2D eigenvalue weighted by atomic mass is 10.2. The van der Waals surface area contributed by atoms with Gasteiger partial charge in [-0.05, 0) is 50.6 Å². The van der Waals surface area contributed by atoms with E-state index in [1.807, 2.05) is 26.0 Å². The third-order valence-corrected chi connectivity index (χ3v) is 4.92. The molecule has 1 aliphatic rings. The lowest BCUT2D eigenvalue weighted by molar-refractivity contribution is -0.130. The molecule has 1 heterocycles. The van der Waals surface area contributed by atoms with Crippen molar-refractivity contribution in [3.63, 3.8) is 0 Å². The van der Waals surface area contributed by atoms with Gasteiger partial charge in [0.1, 0.15) is 12.6 Å². The number of nitrogens with one attached hydrogen (secondary N) is 1. The molecule has 4 amide bonds. The molecule has 0 spiro atoms. The molecule has 27 heavy (non-hydrogen) atoms. The molecule has 1 saturated heterocycles. The number of carbonyl (C=O) groups is 3. The summed E-state index contributed by atoms with van der Waals surface area (Å²) >= 11 is 6.05. The van der Waals surface area contributed by atoms with E-state index in [0.29, 0.717) is 16.4 Å². The van der Waals surface area contributed by atoms with E-state index in [2.05, 4.69) is 5.32 Å². The van der Waals surface area contributed by atoms with E-state index in [9.17, 15) is 14.4 Å². The Hall–Kier alpha value is -2.86. The van der Waals surface area contributed by atoms with Gasteiger partial charge in [-0.3, -0.25) is 19.4 Å². The fourth-order valence-electron chi connectivity index (χ4n) is 2.93. The van der Waals surface area contributed by atoms with Crippen LogP contribution in [0, 0.1) is 13.8 Å². The zero-order chi connectivity index (χ0) is 19.7. The normalized spacial score (nSPS) is 16.8. The van der Waals surface area contributed by atoms with E-state index < -0.39 is 23.9 Å². The number of amides is 4. The first-order valence-corrected chi connectivity index (χ1v) is 8.93. The Balaban J connectivity index is 1.73. The van der Waals surface area contributed by atoms with E-state index in [1.54, 1.807) is 37.3 Å². The van der Waals surface area contributed by atoms with Crippen LogP contribution >= 0.6 is 11.6 Å². The molecular formula is C20H20ClN3O3. The van der Waals surface area contributed by atoms with Crippen molar-refractivity contribution in [3.8, 4) is 0 Å². The molecule has 140 valence electrons. The van der Waals surface area contributed by atoms with Gasteiger partial charge in [0.2, 0.25) is 5.91 Å². The highest BCUT2D eigenvalue weighted by atomic mass is 35.5. The fraction of sp³-hybridized carbons (Fsp3) is 0.250. The first kappa shape index (κ1) is 18.9. The van der Waals surface area contributed by atoms with Crippen molar-refractivity contribution in [1.82, 2.24) is 4.90 Å². The third kappa shape index (κ3) is 3.80. The van der Waals surface area contributed by atoms with Gasteiger partial charge >= 0.3 is 6.03 Å². The smallest absolute Gasteiger partial charge is 0.324 e. The number of rotatable bonds is 4. The van der Waals surface area contributed by atoms with Crippen LogP contribution in [0.3, 0.4) is 0 Å². The molecule has 0 aliphatic carbocycles. The Morgan fingerprint density at radius 2 is 1.78 bits per heavy atom. The quantitative estimate of drug-likeness (QED) is 0.815. The Labute approximate surface area is 162 Å². The minimum Gasteiger partial charge on any atom is -0.324 e. The fourth-order valence-corrected chi connectivity index (χ4v) is 3.11. The number of urea groups is 1. The van der Waals surface area contributed by atoms with Crippen LogP contribution in [0.25, 0.3) is 0 Å². The summed E-state index contributed by atoms with van der Waals surface area (Å²) in [4.78, 5) is 39.9. The third-order valence-electron chi connectivity index (χ3n) is 4.52. The maximum absolute atomic E-state index is 12.7. The molecule has 2 aromatic carbocycles. The zero-order valence-electron chi connectivity index (χ0n) is 15.3. The number of anilines is 2. The average molecular weight is 386 g/mol. The van der Waals surface area contributed by atoms with E-state index >= 15 is 0 Å². The number of benzene rings is 2. The SMILES string of the molecule is Cc1ccc(N2C(=O)N(CC(=O)Nc3ccc(C)c(Cl)c3)C(=O)[C@H]2C)cc1. The number of hydrogen-bond donors (Lipinski definition) is 1. The molecule has 0 bridgehead atoms. The van der Waals surface area contributed by atoms with Gasteiger partial charge in [-0.2, -0.15) is 0 Å². The minimum atomic E-state index is -0.665. The van der Waals surface area contributed by atoms with E-state index in [1.165, 1.54) is 4.90 Å². The zero-order valence-corrected chi connectivity index (χ0v) is 16.1. The van der Waals surface area contributed by atoms with Crippen molar-refractivity contribution < 1.29 is 14.4 Å². The predicted octanol–water partition coefficient (Wildman–Crippen LogP) is 3.75. The molecule has 3 rings (SSSR count). The van der Waals surface area contributed by atoms with Gasteiger partial charge in [-0.15, -0.1) is 0 Å². The summed E-state index contributed by atoms with van der Waals surface area (Å²) in [5.41, 5.74) is 3.08. The lowest BCUT2D eigenvalue weighted by Gasteiger charge is -2.19. The highest BCUT2D eigenvalue weighted by Gasteiger charge is 2.44. The van der Waals surface area contributed by atoms with Crippen LogP contribution in [0.15, 0.2) is 42.5 Å². The van der Waals surface area contributed by atoms with Gasteiger partial charge in [0.05, 0.1) is 0 Å². The average Bonchev–Trinajstić information content (AvgIpc) is 2.83. The Morgan fingerprint density at radius 1 is 1.11 bits per heavy atom. The second-order valence-electron chi connectivity index (χ2n) is 6.60. The highest BCUT2D eigenvalue weighted by Crippen LogP contribution is 2.26. The number of halogens is 1. The Kier molecular flexibility index (Phi) is 5.19. The summed E-state index contributed by atoms with van der Waals surface area (Å²) in [6.45, 7) is 5.10. The molecule has 2 aromatic rings. The minimum absolute atomic E-state index is 0.351. The van der Waals surface area contributed by atoms with Crippen LogP contribution in [-0.2, 0) is 9.59 Å². The van der Waals surface area contributed by atoms with Crippen molar-refractivity contribution in [3.05, 3.63) is 58.6 Å². The Morgan fingerprint density at radius 3 is 2.41 bits per heavy atom. The Bertz CT molecular complexity index is 911. The monoisotopic (exact) mass is 385 g/mol. The molecule has 0 aromatic heterocycles. The molecule has 1 aliphatic heterocycles. The van der Waals surface area contributed by atoms with Crippen LogP contribution in [0.4, 0.5) is 16.2 Å². The largest absolute Gasteiger partial charge is 0.332 e. The van der Waals surface area contributed by atoms with Crippen LogP contribution in [0.5, 0.6) is 0 Å². The first-order chi connectivity index (χ1) is 12.8. The summed E-state index contributed by atoms with van der Waals surface area (Å²) in [7, 11) is 0. The number of hydrogen-bond acceptors (Lipinski definition) is 3. The molecular weight excluding hydrogens is 366 g/mol. The number of carbonyl (C=O) groups excluding carboxylic acids is 3. The van der Waals surface area contributed by atoms with Gasteiger partial charge in [0.25, 0.3) is 5.91 Å². The van der Waals surface area contributed by atoms with Crippen molar-refractivity contribution in [2.75, 3.05) is 16.8 Å². The molecule has 0 unspecified atom stereocenters. The number of imide groups is 1. The van der Waals surface area contributed by atoms with Gasteiger partial charge in [-0.25, -0.2) is 4.79 Å². The van der Waals surface area contributed by atoms with Crippen molar-refractivity contribution in [1.29, 1.82) is 0 Å². The highest BCUT2D eigenvalue weighted by molar-refractivity contribution is 6.31. The summed E-state index contributed by atoms with van der Waals surface area (Å²) in [5.74, 6) is -0.868. The van der Waals surface area contributed by atoms with Crippen LogP contribution < -0.4 is 10.2 Å². The van der Waals surface area contributed by atoms with E-state index in [-0.39, 0.29) is 6.54 Å². The second-order valence-corrected chi connectivity index (χ2v) is 7.01. The molecule has 0 radical (unpaired) electrons. The number of aryl methyl sites for hydroxylation is 2. The van der Waals surface area contributed by atoms with Crippen molar-refractivity contribution in [2.24, 2.45) is 0 Å². The standard InChI is InChI=1S/C20H20ClN3O3/c1-12-4-8-16(9-5-12)24-14(3)19(26)23(20(24)27)11-18(25)22-15-7-6-13(2)17(21)10-15/h4-10,14H,11H2,1-3H3,(H,22,25)/t14-/m1/s1. The van der Waals surface area contributed by atoms with Gasteiger partial charge < -0.3 is 5.32 Å². The van der Waals surface area contributed by atoms with E-state index in [0.717, 1.165) is 16.0 Å². The predicted molar refractivity (Wildman–Crippen MR) is 105 cm³/mol. The van der Waals surface area contributed by atoms with Gasteiger partial charge in [-0.1, -0.05) is 35.4 Å². The van der Waals surface area contributed by atoms with E-state index in [4.69, 9.17) is 11.6 Å². The first-order valence-electron chi connectivity index (χ1n) is 8.55. The van der Waals surface area contributed by atoms with Crippen LogP contribution in [0.1, 0.15) is 18.1 Å². The molecule has 0 saturated carbocycles. The maximum atomic E-state index is 12.7. The topological polar surface area (TPSA) is 69.7 Å². The summed E-state index contributed by atoms with van der Waals surface area (Å²) in [5, 5.41) is 3.19. The molecule has 7 heteroatoms. The molecule has 1 atom stereocenters. The number of nitrogens with zero attached hydrogens (tertiary/aromatic N) is 2. The molecule has 1 fully saturated rings. The van der Waals surface area contributed by atoms with Crippen LogP contribution in [0.2, 0.25) is 5.02 Å². The van der Waals surface area contributed by atoms with Gasteiger partial charge in [0, 0.05) is 16.4 Å². The summed E-state index contributed by atoms with van der Waals surface area (Å²) in [6, 6.07) is 11.3. The van der Waals surface area contributed by atoms with Crippen LogP contribution in [-0.4, -0.2) is 35.3 Å². The maximum Gasteiger partial charge on any atom is 0.332 e. The lowest BCUT2D eigenvalue weighted by Crippen LogP contribution is -2.39. The molecule has 6 nitrogen and oxygen atoms in total. The van der Waals surface area contributed by atoms with Crippen molar-refractivity contribution >= 4 is 40.8 Å². The molecule has 1 N–H and O–H groups in total. The van der Waals surface area contributed by atoms with Crippen molar-refractivity contribution in [2.45, 2.75) is 26.8 Å². The van der Waals surface area contributed by atoms with Gasteiger partial charge in [0.15, 0.2) is 0 Å². The second kappa shape index (κ2) is 7.40. The summed E-state index contributed by atoms with van der Waals surface area (Å²) in [6.07, 6.45) is 0.